The number of unbranched alkanes of at least 4 members (excludes halogenated alkanes) is 2. The summed E-state index contributed by atoms with van der Waals surface area (Å²) in [6.45, 7) is 2.16. The number of halogens is 1. The summed E-state index contributed by atoms with van der Waals surface area (Å²) in [5.41, 5.74) is 1.25. The van der Waals surface area contributed by atoms with E-state index in [1.807, 2.05) is 18.2 Å². The van der Waals surface area contributed by atoms with Gasteiger partial charge in [0.25, 0.3) is 0 Å². The lowest BCUT2D eigenvalue weighted by molar-refractivity contribution is 0.878. The van der Waals surface area contributed by atoms with E-state index in [0.717, 1.165) is 24.3 Å². The van der Waals surface area contributed by atoms with Gasteiger partial charge < -0.3 is 0 Å². The molecule has 0 atom stereocenters. The molecule has 0 saturated carbocycles. The fourth-order valence-corrected chi connectivity index (χ4v) is 1.39. The van der Waals surface area contributed by atoms with Gasteiger partial charge in [-0.3, -0.25) is 0 Å². The van der Waals surface area contributed by atoms with Crippen LogP contribution in [0.1, 0.15) is 25.3 Å². The molecular formula is C11H14Cl. The van der Waals surface area contributed by atoms with Gasteiger partial charge in [-0.25, -0.2) is 0 Å². The topological polar surface area (TPSA) is 0 Å². The minimum atomic E-state index is 0.891. The maximum atomic E-state index is 5.99. The quantitative estimate of drug-likeness (QED) is 0.619. The van der Waals surface area contributed by atoms with Crippen molar-refractivity contribution >= 4 is 11.6 Å². The van der Waals surface area contributed by atoms with Gasteiger partial charge in [0.15, 0.2) is 0 Å². The van der Waals surface area contributed by atoms with Crippen LogP contribution in [0.25, 0.3) is 0 Å². The zero-order valence-corrected chi connectivity index (χ0v) is 8.14. The van der Waals surface area contributed by atoms with E-state index in [2.05, 4.69) is 19.4 Å². The van der Waals surface area contributed by atoms with Crippen molar-refractivity contribution in [3.05, 3.63) is 41.3 Å². The molecule has 0 aliphatic carbocycles. The van der Waals surface area contributed by atoms with Gasteiger partial charge in [-0.1, -0.05) is 43.1 Å². The van der Waals surface area contributed by atoms with Crippen LogP contribution in [0.2, 0.25) is 5.02 Å². The van der Waals surface area contributed by atoms with Crippen molar-refractivity contribution in [3.63, 3.8) is 0 Å². The Balaban J connectivity index is 2.46. The molecule has 0 aliphatic rings. The smallest absolute Gasteiger partial charge is 0.0437 e. The van der Waals surface area contributed by atoms with Crippen molar-refractivity contribution in [2.45, 2.75) is 26.2 Å². The molecule has 1 radical (unpaired) electrons. The van der Waals surface area contributed by atoms with Crippen LogP contribution in [0.5, 0.6) is 0 Å². The van der Waals surface area contributed by atoms with Crippen molar-refractivity contribution in [1.29, 1.82) is 0 Å². The first-order valence-corrected chi connectivity index (χ1v) is 4.77. The van der Waals surface area contributed by atoms with Crippen LogP contribution < -0.4 is 0 Å². The lowest BCUT2D eigenvalue weighted by Gasteiger charge is -2.01. The maximum Gasteiger partial charge on any atom is 0.0437 e. The number of rotatable bonds is 4. The third-order valence-electron chi connectivity index (χ3n) is 1.86. The van der Waals surface area contributed by atoms with Gasteiger partial charge in [0, 0.05) is 5.02 Å². The van der Waals surface area contributed by atoms with Crippen LogP contribution in [0.4, 0.5) is 0 Å². The van der Waals surface area contributed by atoms with E-state index < -0.39 is 0 Å². The zero-order chi connectivity index (χ0) is 8.81. The summed E-state index contributed by atoms with van der Waals surface area (Å²) in [7, 11) is 0. The Bertz CT molecular complexity index is 230. The minimum absolute atomic E-state index is 0.891. The van der Waals surface area contributed by atoms with Crippen molar-refractivity contribution in [3.8, 4) is 0 Å². The van der Waals surface area contributed by atoms with Crippen LogP contribution in [0.3, 0.4) is 0 Å². The summed E-state index contributed by atoms with van der Waals surface area (Å²) in [6, 6.07) is 8.04. The van der Waals surface area contributed by atoms with E-state index in [1.54, 1.807) is 0 Å². The highest BCUT2D eigenvalue weighted by molar-refractivity contribution is 6.31. The van der Waals surface area contributed by atoms with Gasteiger partial charge in [0.1, 0.15) is 0 Å². The van der Waals surface area contributed by atoms with Crippen LogP contribution in [0, 0.1) is 6.42 Å². The van der Waals surface area contributed by atoms with E-state index in [-0.39, 0.29) is 0 Å². The molecule has 0 saturated heterocycles. The van der Waals surface area contributed by atoms with Gasteiger partial charge >= 0.3 is 0 Å². The molecule has 12 heavy (non-hydrogen) atoms. The Hall–Kier alpha value is -0.490. The van der Waals surface area contributed by atoms with Crippen LogP contribution in [-0.2, 0) is 6.42 Å². The van der Waals surface area contributed by atoms with Crippen molar-refractivity contribution < 1.29 is 0 Å². The summed E-state index contributed by atoms with van der Waals surface area (Å²) in [5, 5.41) is 0.891. The van der Waals surface area contributed by atoms with Gasteiger partial charge in [0.2, 0.25) is 0 Å². The summed E-state index contributed by atoms with van der Waals surface area (Å²) in [4.78, 5) is 0. The number of hydrogen-bond acceptors (Lipinski definition) is 0. The summed E-state index contributed by atoms with van der Waals surface area (Å²) in [6.07, 6.45) is 5.61. The first kappa shape index (κ1) is 9.60. The molecule has 0 amide bonds. The highest BCUT2D eigenvalue weighted by Gasteiger charge is 1.97. The summed E-state index contributed by atoms with van der Waals surface area (Å²) in [5.74, 6) is 0. The second-order valence-corrected chi connectivity index (χ2v) is 3.23. The third kappa shape index (κ3) is 2.86. The second-order valence-electron chi connectivity index (χ2n) is 2.83. The highest BCUT2D eigenvalue weighted by atomic mass is 35.5. The van der Waals surface area contributed by atoms with Crippen LogP contribution in [-0.4, -0.2) is 0 Å². The van der Waals surface area contributed by atoms with E-state index >= 15 is 0 Å². The Morgan fingerprint density at radius 3 is 2.75 bits per heavy atom. The molecule has 0 heterocycles. The molecule has 1 aromatic carbocycles. The minimum Gasteiger partial charge on any atom is -0.0840 e. The highest BCUT2D eigenvalue weighted by Crippen LogP contribution is 2.17. The normalized spacial score (nSPS) is 10.2. The van der Waals surface area contributed by atoms with E-state index in [1.165, 1.54) is 5.56 Å². The molecule has 65 valence electrons. The first-order valence-electron chi connectivity index (χ1n) is 4.39. The molecule has 1 heteroatoms. The third-order valence-corrected chi connectivity index (χ3v) is 2.23. The number of aryl methyl sites for hydroxylation is 1. The fraction of sp³-hybridized carbons (Fsp3) is 0.364. The molecule has 0 N–H and O–H groups in total. The van der Waals surface area contributed by atoms with Crippen molar-refractivity contribution in [1.82, 2.24) is 0 Å². The predicted molar refractivity (Wildman–Crippen MR) is 54.4 cm³/mol. The molecule has 0 unspecified atom stereocenters. The molecule has 0 aromatic heterocycles. The summed E-state index contributed by atoms with van der Waals surface area (Å²) < 4.78 is 0. The molecule has 1 aromatic rings. The fourth-order valence-electron chi connectivity index (χ4n) is 1.16. The van der Waals surface area contributed by atoms with Crippen LogP contribution >= 0.6 is 11.6 Å². The average Bonchev–Trinajstić information content (AvgIpc) is 2.09. The van der Waals surface area contributed by atoms with Gasteiger partial charge in [-0.15, -0.1) is 0 Å². The Morgan fingerprint density at radius 2 is 2.08 bits per heavy atom. The summed E-state index contributed by atoms with van der Waals surface area (Å²) >= 11 is 5.99. The van der Waals surface area contributed by atoms with Crippen molar-refractivity contribution in [2.75, 3.05) is 0 Å². The zero-order valence-electron chi connectivity index (χ0n) is 7.39. The van der Waals surface area contributed by atoms with E-state index in [0.29, 0.717) is 0 Å². The van der Waals surface area contributed by atoms with E-state index in [4.69, 9.17) is 11.6 Å². The van der Waals surface area contributed by atoms with Gasteiger partial charge in [-0.05, 0) is 30.9 Å². The molecule has 0 nitrogen and oxygen atoms in total. The second kappa shape index (κ2) is 5.21. The molecule has 1 rings (SSSR count). The Kier molecular flexibility index (Phi) is 4.16. The monoisotopic (exact) mass is 181 g/mol. The largest absolute Gasteiger partial charge is 0.0840 e. The molecular weight excluding hydrogens is 168 g/mol. The van der Waals surface area contributed by atoms with E-state index in [9.17, 15) is 0 Å². The predicted octanol–water partition coefficient (Wildman–Crippen LogP) is 3.89. The lowest BCUT2D eigenvalue weighted by Crippen LogP contribution is -1.86. The lowest BCUT2D eigenvalue weighted by atomic mass is 10.1. The molecule has 0 aliphatic heterocycles. The SMILES string of the molecule is CC[CH]CCc1ccccc1Cl. The number of benzene rings is 1. The molecule has 0 fully saturated rings. The first-order chi connectivity index (χ1) is 5.84. The number of hydrogen-bond donors (Lipinski definition) is 0. The van der Waals surface area contributed by atoms with Crippen LogP contribution in [0.15, 0.2) is 24.3 Å². The molecule has 0 bridgehead atoms. The standard InChI is InChI=1S/C11H14Cl/c1-2-3-4-7-10-8-5-6-9-11(10)12/h3,5-6,8-9H,2,4,7H2,1H3. The van der Waals surface area contributed by atoms with Crippen molar-refractivity contribution in [2.24, 2.45) is 0 Å². The average molecular weight is 182 g/mol. The van der Waals surface area contributed by atoms with Gasteiger partial charge in [0.05, 0.1) is 0 Å². The Labute approximate surface area is 79.6 Å². The van der Waals surface area contributed by atoms with Gasteiger partial charge in [-0.2, -0.15) is 0 Å². The maximum absolute atomic E-state index is 5.99. The molecule has 0 spiro atoms. The Morgan fingerprint density at radius 1 is 1.33 bits per heavy atom.